The molecule has 1 rings (SSSR count). The molecule has 1 N–H and O–H groups in total. The van der Waals surface area contributed by atoms with E-state index in [1.165, 1.54) is 0 Å². The van der Waals surface area contributed by atoms with Gasteiger partial charge in [-0.05, 0) is 18.6 Å². The monoisotopic (exact) mass is 308 g/mol. The summed E-state index contributed by atoms with van der Waals surface area (Å²) in [6.07, 6.45) is -15.2. The third-order valence-electron chi connectivity index (χ3n) is 2.64. The Bertz CT molecular complexity index is 476. The van der Waals surface area contributed by atoms with Gasteiger partial charge >= 0.3 is 12.4 Å². The predicted octanol–water partition coefficient (Wildman–Crippen LogP) is 4.05. The molecule has 9 heteroatoms. The van der Waals surface area contributed by atoms with Crippen LogP contribution in [0.3, 0.4) is 0 Å². The second kappa shape index (κ2) is 5.19. The minimum atomic E-state index is -5.90. The molecule has 0 radical (unpaired) electrons. The first-order chi connectivity index (χ1) is 8.87. The minimum Gasteiger partial charge on any atom is -0.387 e. The molecule has 0 amide bonds. The molecule has 0 aliphatic rings. The van der Waals surface area contributed by atoms with Gasteiger partial charge in [-0.15, -0.1) is 0 Å². The van der Waals surface area contributed by atoms with Crippen LogP contribution in [0, 0.1) is 24.5 Å². The standard InChI is InChI=1S/C11H8F8O/c1-4-2-3-5(12)6(7(4)13)8(20)9(10(14,15)16)11(17,18)19/h2-3,8-9,20H,1H3. The van der Waals surface area contributed by atoms with Gasteiger partial charge in [0.2, 0.25) is 0 Å². The van der Waals surface area contributed by atoms with Crippen LogP contribution in [0.15, 0.2) is 12.1 Å². The maximum absolute atomic E-state index is 13.5. The van der Waals surface area contributed by atoms with Crippen molar-refractivity contribution in [1.29, 1.82) is 0 Å². The summed E-state index contributed by atoms with van der Waals surface area (Å²) in [5.41, 5.74) is -2.03. The van der Waals surface area contributed by atoms with E-state index in [2.05, 4.69) is 0 Å². The van der Waals surface area contributed by atoms with Crippen molar-refractivity contribution in [3.05, 3.63) is 34.9 Å². The first-order valence-electron chi connectivity index (χ1n) is 5.13. The highest BCUT2D eigenvalue weighted by molar-refractivity contribution is 5.29. The van der Waals surface area contributed by atoms with Gasteiger partial charge in [-0.2, -0.15) is 26.3 Å². The van der Waals surface area contributed by atoms with Gasteiger partial charge in [-0.25, -0.2) is 8.78 Å². The molecule has 0 fully saturated rings. The summed E-state index contributed by atoms with van der Waals surface area (Å²) >= 11 is 0. The Balaban J connectivity index is 3.42. The van der Waals surface area contributed by atoms with Crippen LogP contribution in [0.2, 0.25) is 0 Å². The lowest BCUT2D eigenvalue weighted by molar-refractivity contribution is -0.308. The van der Waals surface area contributed by atoms with Gasteiger partial charge in [0.15, 0.2) is 5.92 Å². The molecule has 20 heavy (non-hydrogen) atoms. The number of aryl methyl sites for hydroxylation is 1. The minimum absolute atomic E-state index is 0.386. The second-order valence-electron chi connectivity index (χ2n) is 4.10. The normalized spacial score (nSPS) is 14.8. The molecule has 0 saturated carbocycles. The number of hydrogen-bond donors (Lipinski definition) is 1. The Labute approximate surface area is 107 Å². The van der Waals surface area contributed by atoms with Gasteiger partial charge in [-0.3, -0.25) is 0 Å². The Kier molecular flexibility index (Phi) is 4.33. The Morgan fingerprint density at radius 3 is 1.80 bits per heavy atom. The number of aliphatic hydroxyl groups is 1. The fraction of sp³-hybridized carbons (Fsp3) is 0.455. The van der Waals surface area contributed by atoms with E-state index in [0.717, 1.165) is 13.0 Å². The number of benzene rings is 1. The largest absolute Gasteiger partial charge is 0.403 e. The van der Waals surface area contributed by atoms with Crippen molar-refractivity contribution >= 4 is 0 Å². The first-order valence-corrected chi connectivity index (χ1v) is 5.13. The lowest BCUT2D eigenvalue weighted by Gasteiger charge is -2.28. The van der Waals surface area contributed by atoms with Crippen molar-refractivity contribution in [2.75, 3.05) is 0 Å². The third-order valence-corrected chi connectivity index (χ3v) is 2.64. The van der Waals surface area contributed by atoms with Crippen LogP contribution in [0.25, 0.3) is 0 Å². The van der Waals surface area contributed by atoms with Crippen molar-refractivity contribution in [2.24, 2.45) is 5.92 Å². The van der Waals surface area contributed by atoms with Gasteiger partial charge in [0.25, 0.3) is 0 Å². The molecule has 0 heterocycles. The molecule has 1 nitrogen and oxygen atoms in total. The quantitative estimate of drug-likeness (QED) is 0.817. The van der Waals surface area contributed by atoms with E-state index < -0.39 is 41.6 Å². The Morgan fingerprint density at radius 2 is 1.40 bits per heavy atom. The number of aliphatic hydroxyl groups excluding tert-OH is 1. The zero-order chi connectivity index (χ0) is 15.9. The molecule has 0 saturated heterocycles. The highest BCUT2D eigenvalue weighted by atomic mass is 19.4. The number of hydrogen-bond acceptors (Lipinski definition) is 1. The van der Waals surface area contributed by atoms with E-state index in [-0.39, 0.29) is 5.56 Å². The topological polar surface area (TPSA) is 20.2 Å². The van der Waals surface area contributed by atoms with Crippen molar-refractivity contribution in [2.45, 2.75) is 25.4 Å². The molecular weight excluding hydrogens is 300 g/mol. The lowest BCUT2D eigenvalue weighted by atomic mass is 9.92. The molecule has 0 bridgehead atoms. The van der Waals surface area contributed by atoms with E-state index >= 15 is 0 Å². The number of halogens is 8. The van der Waals surface area contributed by atoms with E-state index in [1.807, 2.05) is 0 Å². The van der Waals surface area contributed by atoms with Crippen LogP contribution in [0.1, 0.15) is 17.2 Å². The summed E-state index contributed by atoms with van der Waals surface area (Å²) in [6, 6.07) is 1.32. The van der Waals surface area contributed by atoms with Crippen molar-refractivity contribution in [3.63, 3.8) is 0 Å². The molecule has 1 aromatic rings. The molecule has 114 valence electrons. The molecule has 0 aliphatic carbocycles. The summed E-state index contributed by atoms with van der Waals surface area (Å²) in [6.45, 7) is 1.02. The zero-order valence-electron chi connectivity index (χ0n) is 9.78. The average molecular weight is 308 g/mol. The van der Waals surface area contributed by atoms with Crippen molar-refractivity contribution < 1.29 is 40.2 Å². The SMILES string of the molecule is Cc1ccc(F)c(C(O)C(C(F)(F)F)C(F)(F)F)c1F. The lowest BCUT2D eigenvalue weighted by Crippen LogP contribution is -2.41. The smallest absolute Gasteiger partial charge is 0.387 e. The zero-order valence-corrected chi connectivity index (χ0v) is 9.78. The van der Waals surface area contributed by atoms with Gasteiger partial charge in [0, 0.05) is 0 Å². The maximum atomic E-state index is 13.5. The summed E-state index contributed by atoms with van der Waals surface area (Å²) < 4.78 is 101. The number of alkyl halides is 6. The Hall–Kier alpha value is -1.38. The van der Waals surface area contributed by atoms with Crippen LogP contribution < -0.4 is 0 Å². The van der Waals surface area contributed by atoms with Crippen LogP contribution in [-0.4, -0.2) is 17.5 Å². The van der Waals surface area contributed by atoms with Gasteiger partial charge < -0.3 is 5.11 Å². The molecular formula is C11H8F8O. The van der Waals surface area contributed by atoms with E-state index in [4.69, 9.17) is 0 Å². The maximum Gasteiger partial charge on any atom is 0.403 e. The average Bonchev–Trinajstić information content (AvgIpc) is 2.19. The van der Waals surface area contributed by atoms with Gasteiger partial charge in [-0.1, -0.05) is 6.07 Å². The highest BCUT2D eigenvalue weighted by Crippen LogP contribution is 2.47. The van der Waals surface area contributed by atoms with E-state index in [1.54, 1.807) is 0 Å². The first kappa shape index (κ1) is 16.7. The molecule has 1 aromatic carbocycles. The fourth-order valence-electron chi connectivity index (χ4n) is 1.66. The summed E-state index contributed by atoms with van der Waals surface area (Å²) in [5.74, 6) is -7.60. The number of rotatable bonds is 2. The molecule has 0 aliphatic heterocycles. The summed E-state index contributed by atoms with van der Waals surface area (Å²) in [4.78, 5) is 0. The highest BCUT2D eigenvalue weighted by Gasteiger charge is 2.61. The molecule has 1 unspecified atom stereocenters. The van der Waals surface area contributed by atoms with Crippen LogP contribution in [0.4, 0.5) is 35.1 Å². The third kappa shape index (κ3) is 3.20. The summed E-state index contributed by atoms with van der Waals surface area (Å²) in [5, 5.41) is 9.22. The molecule has 0 spiro atoms. The van der Waals surface area contributed by atoms with Crippen LogP contribution in [-0.2, 0) is 0 Å². The fourth-order valence-corrected chi connectivity index (χ4v) is 1.66. The van der Waals surface area contributed by atoms with Gasteiger partial charge in [0.1, 0.15) is 17.7 Å². The van der Waals surface area contributed by atoms with E-state index in [0.29, 0.717) is 6.07 Å². The molecule has 1 atom stereocenters. The predicted molar refractivity (Wildman–Crippen MR) is 51.7 cm³/mol. The van der Waals surface area contributed by atoms with Crippen molar-refractivity contribution in [3.8, 4) is 0 Å². The van der Waals surface area contributed by atoms with Gasteiger partial charge in [0.05, 0.1) is 5.56 Å². The van der Waals surface area contributed by atoms with E-state index in [9.17, 15) is 40.2 Å². The van der Waals surface area contributed by atoms with Crippen LogP contribution in [0.5, 0.6) is 0 Å². The second-order valence-corrected chi connectivity index (χ2v) is 4.10. The van der Waals surface area contributed by atoms with Crippen molar-refractivity contribution in [1.82, 2.24) is 0 Å². The Morgan fingerprint density at radius 1 is 0.950 bits per heavy atom. The summed E-state index contributed by atoms with van der Waals surface area (Å²) in [7, 11) is 0. The molecule has 0 aromatic heterocycles. The van der Waals surface area contributed by atoms with Crippen LogP contribution >= 0.6 is 0 Å².